The fourth-order valence-electron chi connectivity index (χ4n) is 2.38. The molecule has 0 N–H and O–H groups in total. The van der Waals surface area contributed by atoms with Crippen molar-refractivity contribution in [1.29, 1.82) is 0 Å². The van der Waals surface area contributed by atoms with Crippen molar-refractivity contribution >= 4 is 10.4 Å². The van der Waals surface area contributed by atoms with Crippen molar-refractivity contribution in [1.82, 2.24) is 0 Å². The third-order valence-electron chi connectivity index (χ3n) is 3.20. The van der Waals surface area contributed by atoms with Crippen LogP contribution in [0.25, 0.3) is 0 Å². The van der Waals surface area contributed by atoms with Crippen LogP contribution in [0.15, 0.2) is 0 Å². The Hall–Kier alpha value is -0.130. The monoisotopic (exact) mass is 235 g/mol. The molecule has 0 aromatic heterocycles. The first-order chi connectivity index (χ1) is 6.79. The normalized spacial score (nSPS) is 33.3. The molecule has 15 heavy (non-hydrogen) atoms. The van der Waals surface area contributed by atoms with Crippen LogP contribution >= 0.6 is 0 Å². The van der Waals surface area contributed by atoms with Gasteiger partial charge in [0.1, 0.15) is 0 Å². The first-order valence-corrected chi connectivity index (χ1v) is 6.77. The summed E-state index contributed by atoms with van der Waals surface area (Å²) < 4.78 is 36.4. The largest absolute Gasteiger partial charge is 0.726 e. The SMILES string of the molecule is CC1CCC(C(C)C)C(OS(=O)(=O)[O-])C1. The maximum Gasteiger partial charge on any atom is 0.217 e. The van der Waals surface area contributed by atoms with Crippen molar-refractivity contribution in [2.24, 2.45) is 17.8 Å². The molecular weight excluding hydrogens is 216 g/mol. The summed E-state index contributed by atoms with van der Waals surface area (Å²) in [6.45, 7) is 6.13. The van der Waals surface area contributed by atoms with E-state index in [1.54, 1.807) is 0 Å². The standard InChI is InChI=1S/C10H20O4S/c1-7(2)9-5-4-8(3)6-10(9)14-15(11,12)13/h7-10H,4-6H2,1-3H3,(H,11,12,13)/p-1. The van der Waals surface area contributed by atoms with Gasteiger partial charge in [-0.05, 0) is 30.6 Å². The Morgan fingerprint density at radius 3 is 2.40 bits per heavy atom. The van der Waals surface area contributed by atoms with Crippen LogP contribution in [-0.4, -0.2) is 19.1 Å². The quantitative estimate of drug-likeness (QED) is 0.553. The van der Waals surface area contributed by atoms with Crippen LogP contribution in [0.1, 0.15) is 40.0 Å². The lowest BCUT2D eigenvalue weighted by Gasteiger charge is -2.37. The van der Waals surface area contributed by atoms with Crippen LogP contribution in [-0.2, 0) is 14.6 Å². The Kier molecular flexibility index (Phi) is 4.14. The highest BCUT2D eigenvalue weighted by molar-refractivity contribution is 7.80. The summed E-state index contributed by atoms with van der Waals surface area (Å²) in [6.07, 6.45) is 2.28. The maximum absolute atomic E-state index is 10.6. The van der Waals surface area contributed by atoms with Crippen molar-refractivity contribution in [3.05, 3.63) is 0 Å². The number of hydrogen-bond acceptors (Lipinski definition) is 4. The second-order valence-corrected chi connectivity index (χ2v) is 5.88. The minimum atomic E-state index is -4.56. The van der Waals surface area contributed by atoms with E-state index in [4.69, 9.17) is 0 Å². The highest BCUT2D eigenvalue weighted by Gasteiger charge is 2.32. The molecule has 4 nitrogen and oxygen atoms in total. The van der Waals surface area contributed by atoms with E-state index in [1.165, 1.54) is 0 Å². The number of rotatable bonds is 3. The number of hydrogen-bond donors (Lipinski definition) is 0. The summed E-state index contributed by atoms with van der Waals surface area (Å²) in [5, 5.41) is 0. The predicted molar refractivity (Wildman–Crippen MR) is 55.9 cm³/mol. The predicted octanol–water partition coefficient (Wildman–Crippen LogP) is 1.92. The van der Waals surface area contributed by atoms with Gasteiger partial charge in [0, 0.05) is 0 Å². The molecule has 1 aliphatic rings. The molecule has 5 heteroatoms. The van der Waals surface area contributed by atoms with Gasteiger partial charge in [-0.2, -0.15) is 0 Å². The Morgan fingerprint density at radius 1 is 1.33 bits per heavy atom. The molecular formula is C10H19O4S-. The van der Waals surface area contributed by atoms with Crippen LogP contribution in [0.5, 0.6) is 0 Å². The molecule has 3 unspecified atom stereocenters. The molecule has 90 valence electrons. The summed E-state index contributed by atoms with van der Waals surface area (Å²) in [6, 6.07) is 0. The first kappa shape index (κ1) is 12.9. The van der Waals surface area contributed by atoms with Crippen LogP contribution in [0, 0.1) is 17.8 Å². The average molecular weight is 235 g/mol. The fraction of sp³-hybridized carbons (Fsp3) is 1.00. The molecule has 1 saturated carbocycles. The summed E-state index contributed by atoms with van der Waals surface area (Å²) >= 11 is 0. The third kappa shape index (κ3) is 4.09. The van der Waals surface area contributed by atoms with E-state index < -0.39 is 16.5 Å². The van der Waals surface area contributed by atoms with Gasteiger partial charge in [-0.15, -0.1) is 0 Å². The highest BCUT2D eigenvalue weighted by Crippen LogP contribution is 2.35. The summed E-state index contributed by atoms with van der Waals surface area (Å²) in [4.78, 5) is 0. The highest BCUT2D eigenvalue weighted by atomic mass is 32.3. The maximum atomic E-state index is 10.6. The average Bonchev–Trinajstić information content (AvgIpc) is 1.99. The van der Waals surface area contributed by atoms with E-state index in [-0.39, 0.29) is 5.92 Å². The Labute approximate surface area is 92.0 Å². The summed E-state index contributed by atoms with van der Waals surface area (Å²) in [5.41, 5.74) is 0. The van der Waals surface area contributed by atoms with E-state index in [1.807, 2.05) is 13.8 Å². The van der Waals surface area contributed by atoms with Crippen molar-refractivity contribution in [2.75, 3.05) is 0 Å². The lowest BCUT2D eigenvalue weighted by molar-refractivity contribution is 0.0412. The van der Waals surface area contributed by atoms with Gasteiger partial charge in [-0.3, -0.25) is 4.18 Å². The molecule has 0 saturated heterocycles. The second-order valence-electron chi connectivity index (χ2n) is 4.87. The molecule has 1 aliphatic carbocycles. The molecule has 0 amide bonds. The van der Waals surface area contributed by atoms with Gasteiger partial charge >= 0.3 is 0 Å². The lowest BCUT2D eigenvalue weighted by Crippen LogP contribution is -2.35. The van der Waals surface area contributed by atoms with Gasteiger partial charge in [0.05, 0.1) is 6.10 Å². The van der Waals surface area contributed by atoms with Crippen molar-refractivity contribution in [3.63, 3.8) is 0 Å². The van der Waals surface area contributed by atoms with E-state index in [0.29, 0.717) is 18.3 Å². The van der Waals surface area contributed by atoms with Gasteiger partial charge in [-0.1, -0.05) is 27.2 Å². The summed E-state index contributed by atoms with van der Waals surface area (Å²) in [7, 11) is -4.56. The molecule has 0 radical (unpaired) electrons. The zero-order valence-electron chi connectivity index (χ0n) is 9.47. The van der Waals surface area contributed by atoms with Gasteiger partial charge in [0.15, 0.2) is 0 Å². The molecule has 0 aliphatic heterocycles. The van der Waals surface area contributed by atoms with Crippen LogP contribution in [0.4, 0.5) is 0 Å². The molecule has 0 spiro atoms. The molecule has 1 fully saturated rings. The van der Waals surface area contributed by atoms with Gasteiger partial charge < -0.3 is 4.55 Å². The Bertz CT molecular complexity index is 297. The molecule has 0 aromatic carbocycles. The Balaban J connectivity index is 2.70. The van der Waals surface area contributed by atoms with Gasteiger partial charge in [-0.25, -0.2) is 8.42 Å². The van der Waals surface area contributed by atoms with Crippen LogP contribution < -0.4 is 0 Å². The van der Waals surface area contributed by atoms with E-state index in [2.05, 4.69) is 11.1 Å². The lowest BCUT2D eigenvalue weighted by atomic mass is 9.75. The van der Waals surface area contributed by atoms with Crippen molar-refractivity contribution < 1.29 is 17.2 Å². The second kappa shape index (κ2) is 4.80. The zero-order chi connectivity index (χ0) is 11.6. The minimum Gasteiger partial charge on any atom is -0.726 e. The summed E-state index contributed by atoms with van der Waals surface area (Å²) in [5.74, 6) is 0.973. The van der Waals surface area contributed by atoms with E-state index in [0.717, 1.165) is 12.8 Å². The van der Waals surface area contributed by atoms with Gasteiger partial charge in [0.25, 0.3) is 0 Å². The molecule has 3 atom stereocenters. The molecule has 0 aromatic rings. The molecule has 0 heterocycles. The molecule has 1 rings (SSSR count). The van der Waals surface area contributed by atoms with Crippen molar-refractivity contribution in [3.8, 4) is 0 Å². The van der Waals surface area contributed by atoms with Crippen LogP contribution in [0.3, 0.4) is 0 Å². The van der Waals surface area contributed by atoms with E-state index in [9.17, 15) is 13.0 Å². The minimum absolute atomic E-state index is 0.185. The van der Waals surface area contributed by atoms with E-state index >= 15 is 0 Å². The first-order valence-electron chi connectivity index (χ1n) is 5.43. The van der Waals surface area contributed by atoms with Gasteiger partial charge in [0.2, 0.25) is 10.4 Å². The molecule has 0 bridgehead atoms. The fourth-order valence-corrected chi connectivity index (χ4v) is 2.90. The Morgan fingerprint density at radius 2 is 1.93 bits per heavy atom. The zero-order valence-corrected chi connectivity index (χ0v) is 10.3. The third-order valence-corrected chi connectivity index (χ3v) is 3.69. The van der Waals surface area contributed by atoms with Crippen molar-refractivity contribution in [2.45, 2.75) is 46.1 Å². The smallest absolute Gasteiger partial charge is 0.217 e. The van der Waals surface area contributed by atoms with Crippen LogP contribution in [0.2, 0.25) is 0 Å². The topological polar surface area (TPSA) is 66.4 Å².